The van der Waals surface area contributed by atoms with Crippen LogP contribution in [-0.2, 0) is 11.2 Å². The van der Waals surface area contributed by atoms with Crippen LogP contribution in [0.4, 0.5) is 4.79 Å². The van der Waals surface area contributed by atoms with E-state index in [4.69, 9.17) is 9.47 Å². The second kappa shape index (κ2) is 11.0. The zero-order valence-electron chi connectivity index (χ0n) is 16.3. The summed E-state index contributed by atoms with van der Waals surface area (Å²) < 4.78 is 10.6. The zero-order chi connectivity index (χ0) is 18.8. The van der Waals surface area contributed by atoms with Crippen LogP contribution in [0.2, 0.25) is 0 Å². The average molecular weight is 364 g/mol. The van der Waals surface area contributed by atoms with Gasteiger partial charge in [-0.1, -0.05) is 26.0 Å². The highest BCUT2D eigenvalue weighted by molar-refractivity contribution is 5.73. The van der Waals surface area contributed by atoms with Crippen molar-refractivity contribution in [3.05, 3.63) is 29.8 Å². The van der Waals surface area contributed by atoms with E-state index in [1.807, 2.05) is 24.3 Å². The summed E-state index contributed by atoms with van der Waals surface area (Å²) in [5, 5.41) is 5.98. The van der Waals surface area contributed by atoms with Crippen LogP contribution >= 0.6 is 0 Å². The van der Waals surface area contributed by atoms with Gasteiger partial charge in [-0.2, -0.15) is 0 Å². The van der Waals surface area contributed by atoms with E-state index in [1.54, 1.807) is 7.11 Å². The largest absolute Gasteiger partial charge is 0.497 e. The lowest BCUT2D eigenvalue weighted by Gasteiger charge is -2.35. The molecule has 2 rings (SSSR count). The Morgan fingerprint density at radius 1 is 1.19 bits per heavy atom. The van der Waals surface area contributed by atoms with Crippen molar-refractivity contribution in [3.63, 3.8) is 0 Å². The van der Waals surface area contributed by atoms with Gasteiger partial charge in [0.1, 0.15) is 5.75 Å². The van der Waals surface area contributed by atoms with Crippen LogP contribution in [0.1, 0.15) is 25.8 Å². The summed E-state index contributed by atoms with van der Waals surface area (Å²) >= 11 is 0. The number of urea groups is 1. The third-order valence-electron chi connectivity index (χ3n) is 4.66. The smallest absolute Gasteiger partial charge is 0.314 e. The number of benzene rings is 1. The van der Waals surface area contributed by atoms with E-state index in [9.17, 15) is 4.79 Å². The van der Waals surface area contributed by atoms with Crippen molar-refractivity contribution >= 4 is 6.03 Å². The number of hydrogen-bond donors (Lipinski definition) is 2. The monoisotopic (exact) mass is 363 g/mol. The zero-order valence-corrected chi connectivity index (χ0v) is 16.3. The van der Waals surface area contributed by atoms with Crippen LogP contribution in [0.25, 0.3) is 0 Å². The van der Waals surface area contributed by atoms with Crippen LogP contribution in [-0.4, -0.2) is 63.5 Å². The number of morpholine rings is 1. The van der Waals surface area contributed by atoms with Crippen LogP contribution < -0.4 is 15.4 Å². The molecular weight excluding hydrogens is 330 g/mol. The Kier molecular flexibility index (Phi) is 8.71. The first-order valence-corrected chi connectivity index (χ1v) is 9.55. The second-order valence-corrected chi connectivity index (χ2v) is 7.17. The Labute approximate surface area is 157 Å². The summed E-state index contributed by atoms with van der Waals surface area (Å²) in [4.78, 5) is 14.6. The van der Waals surface area contributed by atoms with Gasteiger partial charge in [0.15, 0.2) is 0 Å². The highest BCUT2D eigenvalue weighted by Gasteiger charge is 2.22. The number of hydrogen-bond acceptors (Lipinski definition) is 4. The quantitative estimate of drug-likeness (QED) is 0.707. The molecule has 0 saturated carbocycles. The van der Waals surface area contributed by atoms with Gasteiger partial charge in [-0.05, 0) is 36.5 Å². The number of amides is 2. The molecule has 1 aromatic rings. The standard InChI is InChI=1S/C20H33N3O3/c1-16(2)14-18(23-10-12-26-13-11-23)15-22-20(24)21-9-8-17-4-6-19(25-3)7-5-17/h4-7,16,18H,8-15H2,1-3H3,(H2,21,22,24). The lowest BCUT2D eigenvalue weighted by Crippen LogP contribution is -2.50. The molecule has 1 fully saturated rings. The molecule has 146 valence electrons. The SMILES string of the molecule is COc1ccc(CCNC(=O)NCC(CC(C)C)N2CCOCC2)cc1. The molecule has 1 unspecified atom stereocenters. The van der Waals surface area contributed by atoms with Gasteiger partial charge in [-0.15, -0.1) is 0 Å². The van der Waals surface area contributed by atoms with Gasteiger partial charge in [0.05, 0.1) is 20.3 Å². The fourth-order valence-corrected chi connectivity index (χ4v) is 3.23. The molecular formula is C20H33N3O3. The minimum atomic E-state index is -0.0967. The molecule has 0 radical (unpaired) electrons. The number of ether oxygens (including phenoxy) is 2. The number of carbonyl (C=O) groups excluding carboxylic acids is 1. The minimum Gasteiger partial charge on any atom is -0.497 e. The molecule has 2 amide bonds. The van der Waals surface area contributed by atoms with Crippen LogP contribution in [0, 0.1) is 5.92 Å². The van der Waals surface area contributed by atoms with Gasteiger partial charge in [0.25, 0.3) is 0 Å². The lowest BCUT2D eigenvalue weighted by molar-refractivity contribution is 0.0129. The summed E-state index contributed by atoms with van der Waals surface area (Å²) in [5.41, 5.74) is 1.18. The molecule has 2 N–H and O–H groups in total. The number of methoxy groups -OCH3 is 1. The van der Waals surface area contributed by atoms with E-state index in [-0.39, 0.29) is 6.03 Å². The Bertz CT molecular complexity index is 528. The molecule has 26 heavy (non-hydrogen) atoms. The average Bonchev–Trinajstić information content (AvgIpc) is 2.66. The molecule has 0 aliphatic carbocycles. The van der Waals surface area contributed by atoms with Gasteiger partial charge in [-0.25, -0.2) is 4.79 Å². The Morgan fingerprint density at radius 2 is 1.88 bits per heavy atom. The van der Waals surface area contributed by atoms with Gasteiger partial charge in [0.2, 0.25) is 0 Å². The number of nitrogens with one attached hydrogen (secondary N) is 2. The first-order valence-electron chi connectivity index (χ1n) is 9.55. The van der Waals surface area contributed by atoms with Crippen molar-refractivity contribution in [3.8, 4) is 5.75 Å². The van der Waals surface area contributed by atoms with E-state index in [1.165, 1.54) is 5.56 Å². The fourth-order valence-electron chi connectivity index (χ4n) is 3.23. The highest BCUT2D eigenvalue weighted by atomic mass is 16.5. The Balaban J connectivity index is 1.70. The molecule has 0 bridgehead atoms. The van der Waals surface area contributed by atoms with Gasteiger partial charge < -0.3 is 20.1 Å². The van der Waals surface area contributed by atoms with Crippen molar-refractivity contribution in [1.82, 2.24) is 15.5 Å². The normalized spacial score (nSPS) is 16.3. The molecule has 1 aromatic carbocycles. The third-order valence-corrected chi connectivity index (χ3v) is 4.66. The summed E-state index contributed by atoms with van der Waals surface area (Å²) in [6, 6.07) is 8.19. The fraction of sp³-hybridized carbons (Fsp3) is 0.650. The topological polar surface area (TPSA) is 62.8 Å². The van der Waals surface area contributed by atoms with Crippen LogP contribution in [0.5, 0.6) is 5.75 Å². The molecule has 0 spiro atoms. The maximum absolute atomic E-state index is 12.1. The van der Waals surface area contributed by atoms with E-state index < -0.39 is 0 Å². The number of nitrogens with zero attached hydrogens (tertiary/aromatic N) is 1. The lowest BCUT2D eigenvalue weighted by atomic mass is 10.0. The van der Waals surface area contributed by atoms with Crippen molar-refractivity contribution in [2.24, 2.45) is 5.92 Å². The molecule has 1 aliphatic heterocycles. The maximum atomic E-state index is 12.1. The van der Waals surface area contributed by atoms with Crippen LogP contribution in [0.3, 0.4) is 0 Å². The highest BCUT2D eigenvalue weighted by Crippen LogP contribution is 2.13. The predicted octanol–water partition coefficient (Wildman–Crippen LogP) is 2.28. The van der Waals surface area contributed by atoms with Crippen molar-refractivity contribution in [2.45, 2.75) is 32.7 Å². The summed E-state index contributed by atoms with van der Waals surface area (Å²) in [5.74, 6) is 1.45. The molecule has 1 heterocycles. The van der Waals surface area contributed by atoms with E-state index in [0.29, 0.717) is 25.0 Å². The molecule has 1 aliphatic rings. The van der Waals surface area contributed by atoms with E-state index >= 15 is 0 Å². The van der Waals surface area contributed by atoms with Crippen molar-refractivity contribution < 1.29 is 14.3 Å². The van der Waals surface area contributed by atoms with Crippen molar-refractivity contribution in [2.75, 3.05) is 46.5 Å². The number of rotatable bonds is 9. The Morgan fingerprint density at radius 3 is 2.50 bits per heavy atom. The first kappa shape index (κ1) is 20.5. The third kappa shape index (κ3) is 7.22. The first-order chi connectivity index (χ1) is 12.6. The minimum absolute atomic E-state index is 0.0967. The predicted molar refractivity (Wildman–Crippen MR) is 104 cm³/mol. The van der Waals surface area contributed by atoms with Gasteiger partial charge in [0, 0.05) is 32.2 Å². The summed E-state index contributed by atoms with van der Waals surface area (Å²) in [7, 11) is 1.66. The maximum Gasteiger partial charge on any atom is 0.314 e. The van der Waals surface area contributed by atoms with Crippen LogP contribution in [0.15, 0.2) is 24.3 Å². The molecule has 0 aromatic heterocycles. The molecule has 6 nitrogen and oxygen atoms in total. The Hall–Kier alpha value is -1.79. The van der Waals surface area contributed by atoms with Crippen molar-refractivity contribution in [1.29, 1.82) is 0 Å². The van der Waals surface area contributed by atoms with E-state index in [2.05, 4.69) is 29.4 Å². The molecule has 1 saturated heterocycles. The van der Waals surface area contributed by atoms with Gasteiger partial charge >= 0.3 is 6.03 Å². The molecule has 1 atom stereocenters. The van der Waals surface area contributed by atoms with Gasteiger partial charge in [-0.3, -0.25) is 4.90 Å². The number of carbonyl (C=O) groups is 1. The second-order valence-electron chi connectivity index (χ2n) is 7.17. The van der Waals surface area contributed by atoms with E-state index in [0.717, 1.165) is 44.9 Å². The summed E-state index contributed by atoms with van der Waals surface area (Å²) in [6.07, 6.45) is 1.88. The molecule has 6 heteroatoms. The summed E-state index contributed by atoms with van der Waals surface area (Å²) in [6.45, 7) is 9.18.